The fourth-order valence-corrected chi connectivity index (χ4v) is 4.16. The van der Waals surface area contributed by atoms with Crippen molar-refractivity contribution >= 4 is 26.8 Å². The summed E-state index contributed by atoms with van der Waals surface area (Å²) >= 11 is 0. The van der Waals surface area contributed by atoms with Crippen LogP contribution in [0, 0.1) is 0 Å². The number of para-hydroxylation sites is 1. The van der Waals surface area contributed by atoms with Crippen LogP contribution in [-0.4, -0.2) is 31.4 Å². The molecule has 6 nitrogen and oxygen atoms in total. The smallest absolute Gasteiger partial charge is 0.241 e. The number of benzene rings is 2. The Morgan fingerprint density at radius 1 is 1.04 bits per heavy atom. The number of hydrogen-bond acceptors (Lipinski definition) is 3. The molecule has 0 spiro atoms. The second-order valence-corrected chi connectivity index (χ2v) is 8.43. The van der Waals surface area contributed by atoms with Crippen molar-refractivity contribution in [3.05, 3.63) is 66.4 Å². The highest BCUT2D eigenvalue weighted by atomic mass is 32.2. The molecule has 0 fully saturated rings. The molecule has 0 aliphatic heterocycles. The Balaban J connectivity index is 1.90. The van der Waals surface area contributed by atoms with Gasteiger partial charge in [-0.2, -0.15) is 4.72 Å². The lowest BCUT2D eigenvalue weighted by Gasteiger charge is -2.20. The van der Waals surface area contributed by atoms with Gasteiger partial charge in [-0.3, -0.25) is 4.79 Å². The third-order valence-corrected chi connectivity index (χ3v) is 5.68. The zero-order valence-corrected chi connectivity index (χ0v) is 16.1. The summed E-state index contributed by atoms with van der Waals surface area (Å²) in [6.45, 7) is 3.68. The summed E-state index contributed by atoms with van der Waals surface area (Å²) in [4.78, 5) is 16.0. The van der Waals surface area contributed by atoms with E-state index in [1.165, 1.54) is 12.1 Å². The zero-order chi connectivity index (χ0) is 19.4. The van der Waals surface area contributed by atoms with Gasteiger partial charge in [-0.25, -0.2) is 8.42 Å². The van der Waals surface area contributed by atoms with E-state index in [0.717, 1.165) is 16.5 Å². The van der Waals surface area contributed by atoms with Crippen molar-refractivity contribution in [1.29, 1.82) is 0 Å². The number of fused-ring (bicyclic) bond motifs is 1. The molecule has 0 saturated heterocycles. The normalized spacial score (nSPS) is 13.0. The van der Waals surface area contributed by atoms with Gasteiger partial charge in [0.2, 0.25) is 15.9 Å². The van der Waals surface area contributed by atoms with Gasteiger partial charge in [0, 0.05) is 23.1 Å². The van der Waals surface area contributed by atoms with Crippen LogP contribution in [0.5, 0.6) is 0 Å². The maximum atomic E-state index is 12.7. The first kappa shape index (κ1) is 19.1. The van der Waals surface area contributed by atoms with Gasteiger partial charge in [-0.1, -0.05) is 36.4 Å². The summed E-state index contributed by atoms with van der Waals surface area (Å²) in [6, 6.07) is 14.8. The highest BCUT2D eigenvalue weighted by Crippen LogP contribution is 2.20. The molecule has 0 unspecified atom stereocenters. The summed E-state index contributed by atoms with van der Waals surface area (Å²) in [7, 11) is -3.82. The van der Waals surface area contributed by atoms with Crippen LogP contribution in [-0.2, 0) is 21.2 Å². The van der Waals surface area contributed by atoms with Crippen LogP contribution >= 0.6 is 0 Å². The SMILES string of the molecule is CC(C)NC(=O)[C@@H](Cc1c[nH]c2ccccc12)NS(=O)(=O)c1ccccc1. The summed E-state index contributed by atoms with van der Waals surface area (Å²) in [5, 5.41) is 3.77. The predicted molar refractivity (Wildman–Crippen MR) is 106 cm³/mol. The summed E-state index contributed by atoms with van der Waals surface area (Å²) in [5.41, 5.74) is 1.83. The maximum absolute atomic E-state index is 12.7. The number of aromatic nitrogens is 1. The Labute approximate surface area is 159 Å². The molecule has 142 valence electrons. The first-order valence-electron chi connectivity index (χ1n) is 8.79. The van der Waals surface area contributed by atoms with Crippen LogP contribution in [0.4, 0.5) is 0 Å². The Morgan fingerprint density at radius 3 is 2.41 bits per heavy atom. The van der Waals surface area contributed by atoms with Gasteiger partial charge < -0.3 is 10.3 Å². The molecule has 1 aromatic heterocycles. The van der Waals surface area contributed by atoms with Crippen molar-refractivity contribution in [2.75, 3.05) is 0 Å². The summed E-state index contributed by atoms with van der Waals surface area (Å²) in [6.07, 6.45) is 2.06. The Bertz CT molecular complexity index is 1030. The third-order valence-electron chi connectivity index (χ3n) is 4.20. The average Bonchev–Trinajstić information content (AvgIpc) is 3.04. The first-order valence-corrected chi connectivity index (χ1v) is 10.3. The van der Waals surface area contributed by atoms with Crippen LogP contribution < -0.4 is 10.0 Å². The number of amides is 1. The van der Waals surface area contributed by atoms with E-state index < -0.39 is 16.1 Å². The van der Waals surface area contributed by atoms with Gasteiger partial charge in [0.1, 0.15) is 6.04 Å². The van der Waals surface area contributed by atoms with E-state index in [1.807, 2.05) is 44.3 Å². The molecule has 0 bridgehead atoms. The number of sulfonamides is 1. The minimum absolute atomic E-state index is 0.0933. The molecule has 0 saturated carbocycles. The standard InChI is InChI=1S/C20H23N3O3S/c1-14(2)22-20(24)19(23-27(25,26)16-8-4-3-5-9-16)12-15-13-21-18-11-7-6-10-17(15)18/h3-11,13-14,19,21,23H,12H2,1-2H3,(H,22,24)/t19-/m1/s1. The molecule has 0 radical (unpaired) electrons. The molecule has 0 aliphatic carbocycles. The Kier molecular flexibility index (Phi) is 5.62. The van der Waals surface area contributed by atoms with Crippen LogP contribution in [0.15, 0.2) is 65.7 Å². The first-order chi connectivity index (χ1) is 12.9. The minimum atomic E-state index is -3.82. The van der Waals surface area contributed by atoms with Crippen molar-refractivity contribution in [3.63, 3.8) is 0 Å². The van der Waals surface area contributed by atoms with E-state index in [2.05, 4.69) is 15.0 Å². The molecule has 0 aliphatic rings. The van der Waals surface area contributed by atoms with E-state index in [4.69, 9.17) is 0 Å². The van der Waals surface area contributed by atoms with Crippen LogP contribution in [0.2, 0.25) is 0 Å². The number of carbonyl (C=O) groups excluding carboxylic acids is 1. The quantitative estimate of drug-likeness (QED) is 0.584. The van der Waals surface area contributed by atoms with Crippen LogP contribution in [0.25, 0.3) is 10.9 Å². The summed E-state index contributed by atoms with van der Waals surface area (Å²) < 4.78 is 28.0. The molecular formula is C20H23N3O3S. The van der Waals surface area contributed by atoms with Gasteiger partial charge >= 0.3 is 0 Å². The lowest BCUT2D eigenvalue weighted by molar-refractivity contribution is -0.123. The maximum Gasteiger partial charge on any atom is 0.241 e. The minimum Gasteiger partial charge on any atom is -0.361 e. The van der Waals surface area contributed by atoms with E-state index in [1.54, 1.807) is 18.2 Å². The van der Waals surface area contributed by atoms with Crippen molar-refractivity contribution in [1.82, 2.24) is 15.0 Å². The fraction of sp³-hybridized carbons (Fsp3) is 0.250. The van der Waals surface area contributed by atoms with Gasteiger partial charge in [0.15, 0.2) is 0 Å². The monoisotopic (exact) mass is 385 g/mol. The van der Waals surface area contributed by atoms with Crippen molar-refractivity contribution in [2.45, 2.75) is 37.2 Å². The molecule has 27 heavy (non-hydrogen) atoms. The molecule has 3 rings (SSSR count). The van der Waals surface area contributed by atoms with Crippen molar-refractivity contribution in [2.24, 2.45) is 0 Å². The molecule has 2 aromatic carbocycles. The number of carbonyl (C=O) groups is 1. The van der Waals surface area contributed by atoms with Crippen LogP contribution in [0.1, 0.15) is 19.4 Å². The highest BCUT2D eigenvalue weighted by Gasteiger charge is 2.27. The van der Waals surface area contributed by atoms with E-state index in [0.29, 0.717) is 0 Å². The van der Waals surface area contributed by atoms with Gasteiger partial charge in [0.05, 0.1) is 4.90 Å². The van der Waals surface area contributed by atoms with E-state index in [9.17, 15) is 13.2 Å². The Morgan fingerprint density at radius 2 is 1.70 bits per heavy atom. The second-order valence-electron chi connectivity index (χ2n) is 6.71. The largest absolute Gasteiger partial charge is 0.361 e. The number of aromatic amines is 1. The van der Waals surface area contributed by atoms with Gasteiger partial charge in [-0.05, 0) is 44.0 Å². The molecule has 1 amide bonds. The summed E-state index contributed by atoms with van der Waals surface area (Å²) in [5.74, 6) is -0.352. The molecule has 3 aromatic rings. The lowest BCUT2D eigenvalue weighted by Crippen LogP contribution is -2.49. The third kappa shape index (κ3) is 4.56. The molecule has 1 atom stereocenters. The zero-order valence-electron chi connectivity index (χ0n) is 15.3. The molecule has 7 heteroatoms. The van der Waals surface area contributed by atoms with Gasteiger partial charge in [-0.15, -0.1) is 0 Å². The highest BCUT2D eigenvalue weighted by molar-refractivity contribution is 7.89. The number of H-pyrrole nitrogens is 1. The van der Waals surface area contributed by atoms with E-state index >= 15 is 0 Å². The van der Waals surface area contributed by atoms with Crippen molar-refractivity contribution in [3.8, 4) is 0 Å². The second kappa shape index (κ2) is 7.94. The number of rotatable bonds is 7. The predicted octanol–water partition coefficient (Wildman–Crippen LogP) is 2.58. The Hall–Kier alpha value is -2.64. The fourth-order valence-electron chi connectivity index (χ4n) is 2.95. The van der Waals surface area contributed by atoms with Gasteiger partial charge in [0.25, 0.3) is 0 Å². The molecular weight excluding hydrogens is 362 g/mol. The number of nitrogens with one attached hydrogen (secondary N) is 3. The topological polar surface area (TPSA) is 91.1 Å². The van der Waals surface area contributed by atoms with E-state index in [-0.39, 0.29) is 23.3 Å². The number of hydrogen-bond donors (Lipinski definition) is 3. The molecule has 1 heterocycles. The van der Waals surface area contributed by atoms with Crippen molar-refractivity contribution < 1.29 is 13.2 Å². The lowest BCUT2D eigenvalue weighted by atomic mass is 10.0. The van der Waals surface area contributed by atoms with Crippen LogP contribution in [0.3, 0.4) is 0 Å². The average molecular weight is 385 g/mol. The molecule has 3 N–H and O–H groups in total.